The molecule has 0 aliphatic carbocycles. The second kappa shape index (κ2) is 6.53. The minimum absolute atomic E-state index is 0. The molecule has 2 heterocycles. The van der Waals surface area contributed by atoms with Gasteiger partial charge in [0.2, 0.25) is 0 Å². The molecular weight excluding hydrogens is 253 g/mol. The topological polar surface area (TPSA) is 37.8 Å². The van der Waals surface area contributed by atoms with Crippen molar-refractivity contribution >= 4 is 35.8 Å². The molecule has 1 aliphatic heterocycles. The van der Waals surface area contributed by atoms with E-state index in [9.17, 15) is 0 Å². The van der Waals surface area contributed by atoms with Crippen LogP contribution in [0.5, 0.6) is 0 Å². The van der Waals surface area contributed by atoms with Crippen molar-refractivity contribution in [1.82, 2.24) is 15.3 Å². The standard InChI is InChI=1S/C9H12ClN3S.ClH/c10-7-4-12-9(13-5-7)14-6-8-2-1-3-11-8;/h4-5,8,11H,1-3,6H2;1H. The van der Waals surface area contributed by atoms with Gasteiger partial charge in [0.15, 0.2) is 5.16 Å². The van der Waals surface area contributed by atoms with Crippen molar-refractivity contribution in [3.05, 3.63) is 17.4 Å². The number of halogens is 2. The Morgan fingerprint density at radius 3 is 2.80 bits per heavy atom. The first kappa shape index (κ1) is 13.0. The maximum absolute atomic E-state index is 5.69. The fraction of sp³-hybridized carbons (Fsp3) is 0.556. The van der Waals surface area contributed by atoms with Crippen LogP contribution < -0.4 is 5.32 Å². The highest BCUT2D eigenvalue weighted by atomic mass is 35.5. The van der Waals surface area contributed by atoms with Crippen molar-refractivity contribution in [3.63, 3.8) is 0 Å². The Morgan fingerprint density at radius 2 is 2.20 bits per heavy atom. The van der Waals surface area contributed by atoms with Gasteiger partial charge >= 0.3 is 0 Å². The summed E-state index contributed by atoms with van der Waals surface area (Å²) in [6, 6.07) is 0.624. The molecule has 84 valence electrons. The third kappa shape index (κ3) is 4.15. The predicted octanol–water partition coefficient (Wildman–Crippen LogP) is 2.40. The van der Waals surface area contributed by atoms with Crippen molar-refractivity contribution in [2.75, 3.05) is 12.3 Å². The summed E-state index contributed by atoms with van der Waals surface area (Å²) in [5.41, 5.74) is 0. The van der Waals surface area contributed by atoms with Crippen molar-refractivity contribution in [1.29, 1.82) is 0 Å². The lowest BCUT2D eigenvalue weighted by molar-refractivity contribution is 0.673. The third-order valence-corrected chi connectivity index (χ3v) is 3.41. The smallest absolute Gasteiger partial charge is 0.187 e. The Kier molecular flexibility index (Phi) is 5.68. The summed E-state index contributed by atoms with van der Waals surface area (Å²) in [5, 5.41) is 4.84. The van der Waals surface area contributed by atoms with Crippen LogP contribution in [0.1, 0.15) is 12.8 Å². The van der Waals surface area contributed by atoms with E-state index >= 15 is 0 Å². The van der Waals surface area contributed by atoms with Crippen LogP contribution in [-0.4, -0.2) is 28.3 Å². The first-order chi connectivity index (χ1) is 6.84. The monoisotopic (exact) mass is 265 g/mol. The summed E-state index contributed by atoms with van der Waals surface area (Å²) in [5.74, 6) is 1.04. The van der Waals surface area contributed by atoms with E-state index in [-0.39, 0.29) is 12.4 Å². The molecule has 1 saturated heterocycles. The Bertz CT molecular complexity index is 288. The summed E-state index contributed by atoms with van der Waals surface area (Å²) in [6.45, 7) is 1.15. The van der Waals surface area contributed by atoms with E-state index in [0.29, 0.717) is 11.1 Å². The number of thioether (sulfide) groups is 1. The van der Waals surface area contributed by atoms with Crippen LogP contribution in [0.3, 0.4) is 0 Å². The van der Waals surface area contributed by atoms with Gasteiger partial charge in [0, 0.05) is 11.8 Å². The molecule has 1 atom stereocenters. The highest BCUT2D eigenvalue weighted by Crippen LogP contribution is 2.18. The molecule has 15 heavy (non-hydrogen) atoms. The molecule has 0 saturated carbocycles. The summed E-state index contributed by atoms with van der Waals surface area (Å²) in [4.78, 5) is 8.26. The zero-order valence-corrected chi connectivity index (χ0v) is 10.5. The third-order valence-electron chi connectivity index (χ3n) is 2.17. The highest BCUT2D eigenvalue weighted by molar-refractivity contribution is 7.99. The maximum atomic E-state index is 5.69. The van der Waals surface area contributed by atoms with Crippen LogP contribution >= 0.6 is 35.8 Å². The SMILES string of the molecule is Cl.Clc1cnc(SCC2CCCN2)nc1. The average Bonchev–Trinajstić information content (AvgIpc) is 2.70. The van der Waals surface area contributed by atoms with Crippen molar-refractivity contribution in [2.45, 2.75) is 24.0 Å². The highest BCUT2D eigenvalue weighted by Gasteiger charge is 2.14. The van der Waals surface area contributed by atoms with Gasteiger partial charge in [-0.3, -0.25) is 0 Å². The molecule has 1 N–H and O–H groups in total. The maximum Gasteiger partial charge on any atom is 0.187 e. The minimum Gasteiger partial charge on any atom is -0.313 e. The van der Waals surface area contributed by atoms with Crippen molar-refractivity contribution in [3.8, 4) is 0 Å². The number of nitrogens with one attached hydrogen (secondary N) is 1. The number of rotatable bonds is 3. The molecular formula is C9H13Cl2N3S. The number of aromatic nitrogens is 2. The van der Waals surface area contributed by atoms with Crippen LogP contribution in [0.15, 0.2) is 17.6 Å². The van der Waals surface area contributed by atoms with E-state index in [0.717, 1.165) is 17.5 Å². The number of nitrogens with zero attached hydrogens (tertiary/aromatic N) is 2. The van der Waals surface area contributed by atoms with Crippen molar-refractivity contribution in [2.24, 2.45) is 0 Å². The van der Waals surface area contributed by atoms with Crippen LogP contribution in [0, 0.1) is 0 Å². The van der Waals surface area contributed by atoms with Gasteiger partial charge in [-0.2, -0.15) is 0 Å². The fourth-order valence-corrected chi connectivity index (χ4v) is 2.44. The normalized spacial score (nSPS) is 19.9. The van der Waals surface area contributed by atoms with E-state index < -0.39 is 0 Å². The summed E-state index contributed by atoms with van der Waals surface area (Å²) >= 11 is 7.38. The zero-order chi connectivity index (χ0) is 9.80. The van der Waals surface area contributed by atoms with E-state index in [4.69, 9.17) is 11.6 Å². The van der Waals surface area contributed by atoms with Crippen LogP contribution in [0.2, 0.25) is 5.02 Å². The Balaban J connectivity index is 0.00000112. The molecule has 0 spiro atoms. The van der Waals surface area contributed by atoms with Gasteiger partial charge in [-0.05, 0) is 19.4 Å². The fourth-order valence-electron chi connectivity index (χ4n) is 1.45. The molecule has 1 aliphatic rings. The van der Waals surface area contributed by atoms with Gasteiger partial charge in [-0.25, -0.2) is 9.97 Å². The van der Waals surface area contributed by atoms with Crippen molar-refractivity contribution < 1.29 is 0 Å². The summed E-state index contributed by atoms with van der Waals surface area (Å²) in [7, 11) is 0. The quantitative estimate of drug-likeness (QED) is 0.673. The van der Waals surface area contributed by atoms with E-state index in [1.807, 2.05) is 0 Å². The van der Waals surface area contributed by atoms with E-state index in [1.54, 1.807) is 24.2 Å². The predicted molar refractivity (Wildman–Crippen MR) is 66.0 cm³/mol. The summed E-state index contributed by atoms with van der Waals surface area (Å²) < 4.78 is 0. The molecule has 1 aromatic heterocycles. The molecule has 2 rings (SSSR count). The molecule has 3 nitrogen and oxygen atoms in total. The molecule has 0 bridgehead atoms. The largest absolute Gasteiger partial charge is 0.313 e. The Hall–Kier alpha value is -0.0300. The minimum atomic E-state index is 0. The van der Waals surface area contributed by atoms with Crippen LogP contribution in [0.4, 0.5) is 0 Å². The van der Waals surface area contributed by atoms with Gasteiger partial charge in [0.05, 0.1) is 17.4 Å². The lowest BCUT2D eigenvalue weighted by Gasteiger charge is -2.07. The van der Waals surface area contributed by atoms with Gasteiger partial charge in [-0.15, -0.1) is 12.4 Å². The van der Waals surface area contributed by atoms with Gasteiger partial charge in [0.25, 0.3) is 0 Å². The van der Waals surface area contributed by atoms with E-state index in [2.05, 4.69) is 15.3 Å². The van der Waals surface area contributed by atoms with Gasteiger partial charge in [0.1, 0.15) is 0 Å². The second-order valence-corrected chi connectivity index (χ2v) is 4.71. The lowest BCUT2D eigenvalue weighted by atomic mass is 10.3. The summed E-state index contributed by atoms with van der Waals surface area (Å²) in [6.07, 6.45) is 5.82. The molecule has 6 heteroatoms. The second-order valence-electron chi connectivity index (χ2n) is 3.29. The Labute approximate surface area is 105 Å². The molecule has 0 amide bonds. The molecule has 0 radical (unpaired) electrons. The number of hydrogen-bond donors (Lipinski definition) is 1. The number of hydrogen-bond acceptors (Lipinski definition) is 4. The lowest BCUT2D eigenvalue weighted by Crippen LogP contribution is -2.23. The molecule has 0 aromatic carbocycles. The van der Waals surface area contributed by atoms with Crippen LogP contribution in [0.25, 0.3) is 0 Å². The van der Waals surface area contributed by atoms with Gasteiger partial charge < -0.3 is 5.32 Å². The van der Waals surface area contributed by atoms with Crippen LogP contribution in [-0.2, 0) is 0 Å². The first-order valence-corrected chi connectivity index (χ1v) is 6.05. The molecule has 1 aromatic rings. The average molecular weight is 266 g/mol. The molecule has 1 unspecified atom stereocenters. The molecule has 1 fully saturated rings. The first-order valence-electron chi connectivity index (χ1n) is 4.68. The zero-order valence-electron chi connectivity index (χ0n) is 8.15. The van der Waals surface area contributed by atoms with Gasteiger partial charge in [-0.1, -0.05) is 23.4 Å². The Morgan fingerprint density at radius 1 is 1.47 bits per heavy atom. The van der Waals surface area contributed by atoms with E-state index in [1.165, 1.54) is 12.8 Å².